The molecule has 0 amide bonds. The van der Waals surface area contributed by atoms with Gasteiger partial charge in [0, 0.05) is 5.25 Å². The van der Waals surface area contributed by atoms with Crippen molar-refractivity contribution in [3.05, 3.63) is 0 Å². The Morgan fingerprint density at radius 3 is 2.58 bits per heavy atom. The predicted molar refractivity (Wildman–Crippen MR) is 86.5 cm³/mol. The summed E-state index contributed by atoms with van der Waals surface area (Å²) in [5.74, 6) is 1.23. The molecule has 0 spiro atoms. The lowest BCUT2D eigenvalue weighted by Crippen LogP contribution is -2.19. The van der Waals surface area contributed by atoms with Crippen molar-refractivity contribution in [2.45, 2.75) is 89.2 Å². The lowest BCUT2D eigenvalue weighted by molar-refractivity contribution is 0.315. The topological polar surface area (TPSA) is 32.6 Å². The van der Waals surface area contributed by atoms with Gasteiger partial charge in [-0.15, -0.1) is 0 Å². The highest BCUT2D eigenvalue weighted by atomic mass is 32.2. The van der Waals surface area contributed by atoms with Crippen molar-refractivity contribution in [1.29, 1.82) is 0 Å². The predicted octanol–water partition coefficient (Wildman–Crippen LogP) is 5.63. The van der Waals surface area contributed by atoms with E-state index in [4.69, 9.17) is 5.21 Å². The third-order valence-corrected chi connectivity index (χ3v) is 5.40. The monoisotopic (exact) mass is 285 g/mol. The Morgan fingerprint density at radius 1 is 1.05 bits per heavy atom. The van der Waals surface area contributed by atoms with Crippen molar-refractivity contribution in [1.82, 2.24) is 0 Å². The average molecular weight is 285 g/mol. The van der Waals surface area contributed by atoms with E-state index in [-0.39, 0.29) is 0 Å². The van der Waals surface area contributed by atoms with Crippen LogP contribution in [0.15, 0.2) is 5.16 Å². The SMILES string of the molecule is CCCCCCCCS[C@@H]1CCCCCC/C1=N/O. The molecule has 1 saturated carbocycles. The van der Waals surface area contributed by atoms with Crippen LogP contribution < -0.4 is 0 Å². The largest absolute Gasteiger partial charge is 0.411 e. The van der Waals surface area contributed by atoms with Gasteiger partial charge in [0.05, 0.1) is 5.71 Å². The molecular formula is C16H31NOS. The summed E-state index contributed by atoms with van der Waals surface area (Å²) >= 11 is 2.03. The Kier molecular flexibility index (Phi) is 10.3. The van der Waals surface area contributed by atoms with E-state index in [2.05, 4.69) is 12.1 Å². The summed E-state index contributed by atoms with van der Waals surface area (Å²) in [6.07, 6.45) is 15.6. The van der Waals surface area contributed by atoms with Gasteiger partial charge in [0.25, 0.3) is 0 Å². The van der Waals surface area contributed by atoms with Crippen molar-refractivity contribution in [3.8, 4) is 0 Å². The summed E-state index contributed by atoms with van der Waals surface area (Å²) in [6, 6.07) is 0. The fourth-order valence-corrected chi connectivity index (χ4v) is 4.06. The van der Waals surface area contributed by atoms with Crippen LogP contribution >= 0.6 is 11.8 Å². The standard InChI is InChI=1S/C16H31NOS/c1-2-3-4-5-8-11-14-19-16-13-10-7-6-9-12-15(16)17-18/h16,18H,2-14H2,1H3/b17-15-/t16-/m1/s1. The smallest absolute Gasteiger partial charge is 0.0700 e. The van der Waals surface area contributed by atoms with E-state index in [0.717, 1.165) is 12.1 Å². The van der Waals surface area contributed by atoms with Crippen molar-refractivity contribution in [2.75, 3.05) is 5.75 Å². The lowest BCUT2D eigenvalue weighted by Gasteiger charge is -2.20. The molecule has 1 atom stereocenters. The maximum absolute atomic E-state index is 9.15. The Bertz CT molecular complexity index is 243. The maximum Gasteiger partial charge on any atom is 0.0700 e. The second-order valence-electron chi connectivity index (χ2n) is 5.67. The summed E-state index contributed by atoms with van der Waals surface area (Å²) in [5.41, 5.74) is 1.05. The van der Waals surface area contributed by atoms with E-state index in [9.17, 15) is 0 Å². The van der Waals surface area contributed by atoms with Crippen LogP contribution in [0.4, 0.5) is 0 Å². The zero-order valence-corrected chi connectivity index (χ0v) is 13.4. The molecule has 1 N–H and O–H groups in total. The minimum absolute atomic E-state index is 0.487. The molecule has 3 heteroatoms. The van der Waals surface area contributed by atoms with Crippen molar-refractivity contribution >= 4 is 17.5 Å². The molecule has 0 aromatic carbocycles. The molecule has 112 valence electrons. The zero-order chi connectivity index (χ0) is 13.8. The molecule has 19 heavy (non-hydrogen) atoms. The van der Waals surface area contributed by atoms with Gasteiger partial charge in [-0.05, 0) is 31.4 Å². The molecule has 0 aliphatic heterocycles. The molecule has 1 fully saturated rings. The van der Waals surface area contributed by atoms with Gasteiger partial charge in [0.1, 0.15) is 0 Å². The van der Waals surface area contributed by atoms with Gasteiger partial charge in [-0.2, -0.15) is 11.8 Å². The number of thioether (sulfide) groups is 1. The van der Waals surface area contributed by atoms with Crippen LogP contribution in [0.2, 0.25) is 0 Å². The van der Waals surface area contributed by atoms with E-state index >= 15 is 0 Å². The maximum atomic E-state index is 9.15. The van der Waals surface area contributed by atoms with Crippen LogP contribution in [0.5, 0.6) is 0 Å². The first-order valence-electron chi connectivity index (χ1n) is 8.21. The molecule has 0 saturated heterocycles. The molecule has 0 aromatic heterocycles. The molecule has 1 aliphatic carbocycles. The minimum atomic E-state index is 0.487. The van der Waals surface area contributed by atoms with Crippen LogP contribution in [0.25, 0.3) is 0 Å². The third kappa shape index (κ3) is 7.86. The number of oxime groups is 1. The van der Waals surface area contributed by atoms with Crippen LogP contribution in [0.1, 0.15) is 84.0 Å². The van der Waals surface area contributed by atoms with E-state index in [1.807, 2.05) is 11.8 Å². The second kappa shape index (κ2) is 11.6. The second-order valence-corrected chi connectivity index (χ2v) is 6.98. The average Bonchev–Trinajstić information content (AvgIpc) is 2.40. The summed E-state index contributed by atoms with van der Waals surface area (Å²) in [4.78, 5) is 0. The van der Waals surface area contributed by atoms with Crippen molar-refractivity contribution < 1.29 is 5.21 Å². The molecule has 0 radical (unpaired) electrons. The van der Waals surface area contributed by atoms with E-state index in [1.54, 1.807) is 0 Å². The Hall–Kier alpha value is -0.180. The van der Waals surface area contributed by atoms with Gasteiger partial charge in [-0.25, -0.2) is 0 Å². The van der Waals surface area contributed by atoms with Gasteiger partial charge in [-0.3, -0.25) is 0 Å². The molecule has 1 aliphatic rings. The Balaban J connectivity index is 2.14. The zero-order valence-electron chi connectivity index (χ0n) is 12.6. The van der Waals surface area contributed by atoms with Gasteiger partial charge in [0.15, 0.2) is 0 Å². The number of rotatable bonds is 8. The summed E-state index contributed by atoms with van der Waals surface area (Å²) in [6.45, 7) is 2.26. The first kappa shape index (κ1) is 16.9. The number of unbranched alkanes of at least 4 members (excludes halogenated alkanes) is 5. The quantitative estimate of drug-likeness (QED) is 0.356. The fourth-order valence-electron chi connectivity index (χ4n) is 2.72. The van der Waals surface area contributed by atoms with Gasteiger partial charge < -0.3 is 5.21 Å². The Morgan fingerprint density at radius 2 is 1.79 bits per heavy atom. The molecule has 0 bridgehead atoms. The minimum Gasteiger partial charge on any atom is -0.411 e. The lowest BCUT2D eigenvalue weighted by atomic mass is 9.99. The van der Waals surface area contributed by atoms with E-state index in [0.29, 0.717) is 5.25 Å². The van der Waals surface area contributed by atoms with Gasteiger partial charge >= 0.3 is 0 Å². The molecule has 0 unspecified atom stereocenters. The van der Waals surface area contributed by atoms with E-state index in [1.165, 1.54) is 76.4 Å². The summed E-state index contributed by atoms with van der Waals surface area (Å²) in [5, 5.41) is 13.2. The van der Waals surface area contributed by atoms with E-state index < -0.39 is 0 Å². The molecular weight excluding hydrogens is 254 g/mol. The van der Waals surface area contributed by atoms with Crippen molar-refractivity contribution in [2.24, 2.45) is 5.16 Å². The van der Waals surface area contributed by atoms with Crippen molar-refractivity contribution in [3.63, 3.8) is 0 Å². The molecule has 1 rings (SSSR count). The highest BCUT2D eigenvalue weighted by Gasteiger charge is 2.18. The highest BCUT2D eigenvalue weighted by molar-refractivity contribution is 8.00. The Labute approximate surface area is 123 Å². The normalized spacial score (nSPS) is 23.2. The van der Waals surface area contributed by atoms with Crippen LogP contribution in [-0.4, -0.2) is 21.9 Å². The molecule has 0 heterocycles. The van der Waals surface area contributed by atoms with Crippen LogP contribution in [0, 0.1) is 0 Å². The van der Waals surface area contributed by atoms with Crippen LogP contribution in [-0.2, 0) is 0 Å². The first-order valence-corrected chi connectivity index (χ1v) is 9.25. The summed E-state index contributed by atoms with van der Waals surface area (Å²) < 4.78 is 0. The summed E-state index contributed by atoms with van der Waals surface area (Å²) in [7, 11) is 0. The fraction of sp³-hybridized carbons (Fsp3) is 0.938. The first-order chi connectivity index (χ1) is 9.38. The number of nitrogens with zero attached hydrogens (tertiary/aromatic N) is 1. The number of hydrogen-bond donors (Lipinski definition) is 1. The molecule has 0 aromatic rings. The highest BCUT2D eigenvalue weighted by Crippen LogP contribution is 2.26. The van der Waals surface area contributed by atoms with Gasteiger partial charge in [0.2, 0.25) is 0 Å². The third-order valence-electron chi connectivity index (χ3n) is 3.97. The molecule has 2 nitrogen and oxygen atoms in total. The number of hydrogen-bond acceptors (Lipinski definition) is 3. The van der Waals surface area contributed by atoms with Crippen LogP contribution in [0.3, 0.4) is 0 Å². The van der Waals surface area contributed by atoms with Gasteiger partial charge in [-0.1, -0.05) is 63.4 Å².